The van der Waals surface area contributed by atoms with Gasteiger partial charge in [-0.2, -0.15) is 0 Å². The van der Waals surface area contributed by atoms with E-state index in [0.29, 0.717) is 12.0 Å². The van der Waals surface area contributed by atoms with Crippen molar-refractivity contribution in [3.8, 4) is 11.5 Å². The molecule has 0 radical (unpaired) electrons. The van der Waals surface area contributed by atoms with Crippen LogP contribution in [0.25, 0.3) is 0 Å². The van der Waals surface area contributed by atoms with E-state index in [1.807, 2.05) is 0 Å². The highest BCUT2D eigenvalue weighted by Gasteiger charge is 2.65. The molecule has 2 aliphatic heterocycles. The Hall–Kier alpha value is -0.930. The second-order valence-corrected chi connectivity index (χ2v) is 7.97. The third-order valence-corrected chi connectivity index (χ3v) is 7.17. The van der Waals surface area contributed by atoms with Crippen molar-refractivity contribution < 1.29 is 9.47 Å². The number of benzene rings is 1. The fraction of sp³-hybridized carbons (Fsp3) is 0.667. The summed E-state index contributed by atoms with van der Waals surface area (Å²) in [4.78, 5) is 2.56. The van der Waals surface area contributed by atoms with Crippen molar-refractivity contribution >= 4 is 11.6 Å². The molecule has 0 aromatic heterocycles. The molecule has 2 heterocycles. The minimum Gasteiger partial charge on any atom is -0.493 e. The molecule has 22 heavy (non-hydrogen) atoms. The van der Waals surface area contributed by atoms with E-state index >= 15 is 0 Å². The first-order valence-corrected chi connectivity index (χ1v) is 8.82. The fourth-order valence-electron chi connectivity index (χ4n) is 5.82. The van der Waals surface area contributed by atoms with Crippen molar-refractivity contribution in [2.45, 2.75) is 48.6 Å². The summed E-state index contributed by atoms with van der Waals surface area (Å²) in [5.41, 5.74) is 3.02. The van der Waals surface area contributed by atoms with Crippen LogP contribution in [0.3, 0.4) is 0 Å². The van der Waals surface area contributed by atoms with Gasteiger partial charge in [0.1, 0.15) is 6.10 Å². The zero-order valence-corrected chi connectivity index (χ0v) is 13.9. The summed E-state index contributed by atoms with van der Waals surface area (Å²) in [7, 11) is 4.02. The topological polar surface area (TPSA) is 21.7 Å². The quantitative estimate of drug-likeness (QED) is 0.743. The Kier molecular flexibility index (Phi) is 2.66. The molecule has 0 amide bonds. The van der Waals surface area contributed by atoms with Crippen LogP contribution in [0.5, 0.6) is 11.5 Å². The molecule has 3 nitrogen and oxygen atoms in total. The average Bonchev–Trinajstić information content (AvgIpc) is 2.88. The summed E-state index contributed by atoms with van der Waals surface area (Å²) in [6.45, 7) is 1.14. The first-order valence-electron chi connectivity index (χ1n) is 8.38. The molecule has 2 fully saturated rings. The van der Waals surface area contributed by atoms with Crippen LogP contribution < -0.4 is 9.47 Å². The molecular weight excluding hydrogens is 298 g/mol. The summed E-state index contributed by atoms with van der Waals surface area (Å²) in [5.74, 6) is 2.54. The van der Waals surface area contributed by atoms with Gasteiger partial charge < -0.3 is 14.4 Å². The molecule has 1 saturated heterocycles. The number of hydrogen-bond donors (Lipinski definition) is 0. The number of likely N-dealkylation sites (N-methyl/N-ethyl adjacent to an activating group) is 1. The summed E-state index contributed by atoms with van der Waals surface area (Å²) >= 11 is 6.74. The normalized spacial score (nSPS) is 41.8. The Morgan fingerprint density at radius 3 is 3.05 bits per heavy atom. The number of rotatable bonds is 1. The van der Waals surface area contributed by atoms with E-state index in [0.717, 1.165) is 37.3 Å². The molecule has 5 rings (SSSR count). The molecule has 2 bridgehead atoms. The standard InChI is InChI=1S/C18H22ClNO2/c1-20-8-7-18-11-4-5-12(19)17(18)22-16-14(21-2)6-3-10(15(16)18)9-13(11)20/h3,6,11-13,17H,4-5,7-9H2,1-2H3/t11-,12-,13+,17-,18-/m0/s1. The first kappa shape index (κ1) is 13.5. The number of alkyl halides is 1. The van der Waals surface area contributed by atoms with Gasteiger partial charge in [-0.05, 0) is 56.8 Å². The van der Waals surface area contributed by atoms with E-state index in [1.54, 1.807) is 7.11 Å². The van der Waals surface area contributed by atoms with E-state index in [2.05, 4.69) is 24.1 Å². The van der Waals surface area contributed by atoms with Gasteiger partial charge >= 0.3 is 0 Å². The van der Waals surface area contributed by atoms with Crippen LogP contribution in [-0.4, -0.2) is 43.1 Å². The second kappa shape index (κ2) is 4.33. The number of likely N-dealkylation sites (tertiary alicyclic amines) is 1. The highest BCUT2D eigenvalue weighted by Crippen LogP contribution is 2.64. The van der Waals surface area contributed by atoms with Crippen LogP contribution in [-0.2, 0) is 11.8 Å². The van der Waals surface area contributed by atoms with E-state index < -0.39 is 0 Å². The van der Waals surface area contributed by atoms with Crippen LogP contribution in [0.1, 0.15) is 30.4 Å². The summed E-state index contributed by atoms with van der Waals surface area (Å²) in [6, 6.07) is 4.96. The Bertz CT molecular complexity index is 648. The van der Waals surface area contributed by atoms with Crippen molar-refractivity contribution in [2.75, 3.05) is 20.7 Å². The lowest BCUT2D eigenvalue weighted by molar-refractivity contribution is -0.0406. The molecular formula is C18H22ClNO2. The number of nitrogens with zero attached hydrogens (tertiary/aromatic N) is 1. The number of piperidine rings is 1. The highest BCUT2D eigenvalue weighted by molar-refractivity contribution is 6.21. The fourth-order valence-corrected chi connectivity index (χ4v) is 6.23. The van der Waals surface area contributed by atoms with Crippen molar-refractivity contribution in [1.82, 2.24) is 4.90 Å². The predicted octanol–water partition coefficient (Wildman–Crippen LogP) is 2.97. The zero-order chi connectivity index (χ0) is 15.1. The maximum atomic E-state index is 6.74. The molecule has 1 aromatic carbocycles. The van der Waals surface area contributed by atoms with Crippen LogP contribution in [0.2, 0.25) is 0 Å². The van der Waals surface area contributed by atoms with Gasteiger partial charge in [0, 0.05) is 17.0 Å². The first-order chi connectivity index (χ1) is 10.7. The smallest absolute Gasteiger partial charge is 0.165 e. The minimum atomic E-state index is 0.114. The average molecular weight is 320 g/mol. The molecule has 5 atom stereocenters. The SMILES string of the molecule is COc1ccc2c3c1O[C@H]1[C@@H](Cl)CC[C@H]4[C@@H](C2)N(C)CC[C@@]341. The Morgan fingerprint density at radius 2 is 2.23 bits per heavy atom. The molecule has 0 unspecified atom stereocenters. The predicted molar refractivity (Wildman–Crippen MR) is 86.2 cm³/mol. The lowest BCUT2D eigenvalue weighted by Gasteiger charge is -2.58. The lowest BCUT2D eigenvalue weighted by Crippen LogP contribution is -2.65. The summed E-state index contributed by atoms with van der Waals surface area (Å²) in [6.07, 6.45) is 4.70. The van der Waals surface area contributed by atoms with Crippen molar-refractivity contribution in [1.29, 1.82) is 0 Å². The van der Waals surface area contributed by atoms with E-state index in [9.17, 15) is 0 Å². The molecule has 1 aromatic rings. The molecule has 4 aliphatic rings. The van der Waals surface area contributed by atoms with Gasteiger partial charge in [-0.1, -0.05) is 6.07 Å². The third-order valence-electron chi connectivity index (χ3n) is 6.73. The van der Waals surface area contributed by atoms with Gasteiger partial charge in [0.25, 0.3) is 0 Å². The van der Waals surface area contributed by atoms with Crippen LogP contribution in [0.4, 0.5) is 0 Å². The Morgan fingerprint density at radius 1 is 1.36 bits per heavy atom. The molecule has 2 aliphatic carbocycles. The van der Waals surface area contributed by atoms with Gasteiger partial charge in [0.2, 0.25) is 0 Å². The van der Waals surface area contributed by atoms with Gasteiger partial charge in [-0.25, -0.2) is 0 Å². The minimum absolute atomic E-state index is 0.114. The van der Waals surface area contributed by atoms with Gasteiger partial charge in [-0.15, -0.1) is 11.6 Å². The van der Waals surface area contributed by atoms with Crippen LogP contribution >= 0.6 is 11.6 Å². The summed E-state index contributed by atoms with van der Waals surface area (Å²) in [5, 5.41) is 0.114. The van der Waals surface area contributed by atoms with Gasteiger partial charge in [-0.3, -0.25) is 0 Å². The third kappa shape index (κ3) is 1.38. The molecule has 1 saturated carbocycles. The number of hydrogen-bond acceptors (Lipinski definition) is 3. The van der Waals surface area contributed by atoms with E-state index in [-0.39, 0.29) is 16.9 Å². The molecule has 118 valence electrons. The highest BCUT2D eigenvalue weighted by atomic mass is 35.5. The molecule has 1 spiro atoms. The molecule has 4 heteroatoms. The summed E-state index contributed by atoms with van der Waals surface area (Å²) < 4.78 is 12.1. The number of methoxy groups -OCH3 is 1. The Balaban J connectivity index is 1.80. The van der Waals surface area contributed by atoms with Crippen molar-refractivity contribution in [2.24, 2.45) is 5.92 Å². The Labute approximate surface area is 136 Å². The second-order valence-electron chi connectivity index (χ2n) is 7.41. The van der Waals surface area contributed by atoms with Crippen LogP contribution in [0, 0.1) is 5.92 Å². The van der Waals surface area contributed by atoms with Crippen molar-refractivity contribution in [3.05, 3.63) is 23.3 Å². The lowest BCUT2D eigenvalue weighted by atomic mass is 9.52. The van der Waals surface area contributed by atoms with Gasteiger partial charge in [0.05, 0.1) is 12.5 Å². The van der Waals surface area contributed by atoms with Gasteiger partial charge in [0.15, 0.2) is 11.5 Å². The maximum Gasteiger partial charge on any atom is 0.165 e. The van der Waals surface area contributed by atoms with E-state index in [4.69, 9.17) is 21.1 Å². The van der Waals surface area contributed by atoms with Crippen molar-refractivity contribution in [3.63, 3.8) is 0 Å². The number of ether oxygens (including phenoxy) is 2. The zero-order valence-electron chi connectivity index (χ0n) is 13.1. The largest absolute Gasteiger partial charge is 0.493 e. The molecule has 0 N–H and O–H groups in total. The van der Waals surface area contributed by atoms with Crippen LogP contribution in [0.15, 0.2) is 12.1 Å². The monoisotopic (exact) mass is 319 g/mol. The maximum absolute atomic E-state index is 6.74. The van der Waals surface area contributed by atoms with E-state index in [1.165, 1.54) is 17.5 Å². The number of halogens is 1.